The smallest absolute Gasteiger partial charge is 0.251 e. The molecule has 2 rings (SSSR count). The maximum atomic E-state index is 12.1. The summed E-state index contributed by atoms with van der Waals surface area (Å²) in [5.74, 6) is 1.28. The molecule has 1 amide bonds. The summed E-state index contributed by atoms with van der Waals surface area (Å²) in [4.78, 5) is 12.1. The predicted molar refractivity (Wildman–Crippen MR) is 75.5 cm³/mol. The minimum Gasteiger partial charge on any atom is -0.497 e. The molecule has 1 saturated heterocycles. The SMILES string of the molecule is COc1ccc(C(=O)NC(C)C2CCCNC2)cc1. The zero-order valence-corrected chi connectivity index (χ0v) is 11.6. The first kappa shape index (κ1) is 13.9. The van der Waals surface area contributed by atoms with Gasteiger partial charge in [-0.2, -0.15) is 0 Å². The first-order valence-electron chi connectivity index (χ1n) is 6.86. The van der Waals surface area contributed by atoms with E-state index in [-0.39, 0.29) is 11.9 Å². The molecule has 0 saturated carbocycles. The Balaban J connectivity index is 1.91. The number of carbonyl (C=O) groups excluding carboxylic acids is 1. The van der Waals surface area contributed by atoms with Gasteiger partial charge in [0.15, 0.2) is 0 Å². The number of hydrogen-bond acceptors (Lipinski definition) is 3. The van der Waals surface area contributed by atoms with Crippen LogP contribution in [0.15, 0.2) is 24.3 Å². The van der Waals surface area contributed by atoms with Crippen LogP contribution in [0.5, 0.6) is 5.75 Å². The van der Waals surface area contributed by atoms with E-state index in [1.165, 1.54) is 12.8 Å². The highest BCUT2D eigenvalue weighted by molar-refractivity contribution is 5.94. The van der Waals surface area contributed by atoms with Crippen LogP contribution >= 0.6 is 0 Å². The molecule has 1 fully saturated rings. The second-order valence-corrected chi connectivity index (χ2v) is 5.10. The van der Waals surface area contributed by atoms with Gasteiger partial charge in [-0.1, -0.05) is 0 Å². The Kier molecular flexibility index (Phi) is 4.80. The van der Waals surface area contributed by atoms with E-state index >= 15 is 0 Å². The molecule has 1 aromatic rings. The summed E-state index contributed by atoms with van der Waals surface area (Å²) in [7, 11) is 1.62. The molecule has 1 aliphatic heterocycles. The van der Waals surface area contributed by atoms with E-state index < -0.39 is 0 Å². The molecule has 0 radical (unpaired) electrons. The monoisotopic (exact) mass is 262 g/mol. The van der Waals surface area contributed by atoms with Crippen molar-refractivity contribution in [3.05, 3.63) is 29.8 Å². The number of piperidine rings is 1. The van der Waals surface area contributed by atoms with Crippen molar-refractivity contribution in [1.82, 2.24) is 10.6 Å². The van der Waals surface area contributed by atoms with Gasteiger partial charge in [-0.25, -0.2) is 0 Å². The molecule has 4 nitrogen and oxygen atoms in total. The molecule has 19 heavy (non-hydrogen) atoms. The Labute approximate surface area is 114 Å². The second kappa shape index (κ2) is 6.57. The Morgan fingerprint density at radius 3 is 2.74 bits per heavy atom. The predicted octanol–water partition coefficient (Wildman–Crippen LogP) is 1.81. The van der Waals surface area contributed by atoms with Crippen LogP contribution in [0.3, 0.4) is 0 Å². The van der Waals surface area contributed by atoms with E-state index in [9.17, 15) is 4.79 Å². The van der Waals surface area contributed by atoms with Crippen molar-refractivity contribution < 1.29 is 9.53 Å². The van der Waals surface area contributed by atoms with Crippen molar-refractivity contribution in [2.24, 2.45) is 5.92 Å². The highest BCUT2D eigenvalue weighted by Gasteiger charge is 2.21. The highest BCUT2D eigenvalue weighted by Crippen LogP contribution is 2.15. The van der Waals surface area contributed by atoms with E-state index in [2.05, 4.69) is 17.6 Å². The zero-order chi connectivity index (χ0) is 13.7. The van der Waals surface area contributed by atoms with Crippen molar-refractivity contribution in [3.63, 3.8) is 0 Å². The van der Waals surface area contributed by atoms with Gasteiger partial charge in [0.25, 0.3) is 5.91 Å². The third-order valence-corrected chi connectivity index (χ3v) is 3.75. The highest BCUT2D eigenvalue weighted by atomic mass is 16.5. The number of ether oxygens (including phenoxy) is 1. The van der Waals surface area contributed by atoms with E-state index in [1.54, 1.807) is 19.2 Å². The van der Waals surface area contributed by atoms with Crippen LogP contribution in [0.4, 0.5) is 0 Å². The van der Waals surface area contributed by atoms with Crippen molar-refractivity contribution in [3.8, 4) is 5.75 Å². The van der Waals surface area contributed by atoms with Crippen molar-refractivity contribution >= 4 is 5.91 Å². The van der Waals surface area contributed by atoms with Crippen LogP contribution in [0.1, 0.15) is 30.1 Å². The van der Waals surface area contributed by atoms with Crippen molar-refractivity contribution in [1.29, 1.82) is 0 Å². The number of amides is 1. The molecule has 0 aliphatic carbocycles. The third-order valence-electron chi connectivity index (χ3n) is 3.75. The second-order valence-electron chi connectivity index (χ2n) is 5.10. The summed E-state index contributed by atoms with van der Waals surface area (Å²) < 4.78 is 5.09. The number of methoxy groups -OCH3 is 1. The van der Waals surface area contributed by atoms with Crippen LogP contribution in [0, 0.1) is 5.92 Å². The van der Waals surface area contributed by atoms with Crippen LogP contribution in [-0.4, -0.2) is 32.1 Å². The quantitative estimate of drug-likeness (QED) is 0.870. The molecule has 1 aliphatic rings. The number of hydrogen-bond donors (Lipinski definition) is 2. The van der Waals surface area contributed by atoms with Gasteiger partial charge < -0.3 is 15.4 Å². The fourth-order valence-corrected chi connectivity index (χ4v) is 2.46. The number of rotatable bonds is 4. The summed E-state index contributed by atoms with van der Waals surface area (Å²) in [5, 5.41) is 6.46. The molecule has 0 spiro atoms. The van der Waals surface area contributed by atoms with Gasteiger partial charge in [0.1, 0.15) is 5.75 Å². The van der Waals surface area contributed by atoms with Gasteiger partial charge >= 0.3 is 0 Å². The molecule has 1 heterocycles. The Morgan fingerprint density at radius 2 is 2.16 bits per heavy atom. The van der Waals surface area contributed by atoms with Crippen molar-refractivity contribution in [2.45, 2.75) is 25.8 Å². The summed E-state index contributed by atoms with van der Waals surface area (Å²) in [6.45, 7) is 4.17. The number of carbonyl (C=O) groups is 1. The summed E-state index contributed by atoms with van der Waals surface area (Å²) in [5.41, 5.74) is 0.677. The summed E-state index contributed by atoms with van der Waals surface area (Å²) >= 11 is 0. The average molecular weight is 262 g/mol. The molecule has 2 N–H and O–H groups in total. The van der Waals surface area contributed by atoms with Crippen molar-refractivity contribution in [2.75, 3.05) is 20.2 Å². The summed E-state index contributed by atoms with van der Waals surface area (Å²) in [6, 6.07) is 7.39. The third kappa shape index (κ3) is 3.70. The lowest BCUT2D eigenvalue weighted by molar-refractivity contribution is 0.0922. The number of benzene rings is 1. The minimum atomic E-state index is -0.0132. The molecule has 4 heteroatoms. The molecule has 0 bridgehead atoms. The minimum absolute atomic E-state index is 0.0132. The van der Waals surface area contributed by atoms with E-state index in [1.807, 2.05) is 12.1 Å². The molecular formula is C15H22N2O2. The van der Waals surface area contributed by atoms with Crippen LogP contribution in [0.2, 0.25) is 0 Å². The molecule has 1 aromatic carbocycles. The van der Waals surface area contributed by atoms with Gasteiger partial charge in [0, 0.05) is 11.6 Å². The standard InChI is InChI=1S/C15H22N2O2/c1-11(13-4-3-9-16-10-13)17-15(18)12-5-7-14(19-2)8-6-12/h5-8,11,13,16H,3-4,9-10H2,1-2H3,(H,17,18). The van der Waals surface area contributed by atoms with E-state index in [0.29, 0.717) is 11.5 Å². The van der Waals surface area contributed by atoms with Gasteiger partial charge in [0.2, 0.25) is 0 Å². The van der Waals surface area contributed by atoms with Crippen LogP contribution < -0.4 is 15.4 Å². The van der Waals surface area contributed by atoms with E-state index in [0.717, 1.165) is 18.8 Å². The number of nitrogens with one attached hydrogen (secondary N) is 2. The lowest BCUT2D eigenvalue weighted by atomic mass is 9.92. The first-order valence-corrected chi connectivity index (χ1v) is 6.86. The van der Waals surface area contributed by atoms with Gasteiger partial charge in [-0.3, -0.25) is 4.79 Å². The molecule has 104 valence electrons. The molecular weight excluding hydrogens is 240 g/mol. The first-order chi connectivity index (χ1) is 9.20. The largest absolute Gasteiger partial charge is 0.497 e. The molecule has 2 unspecified atom stereocenters. The molecule has 0 aromatic heterocycles. The van der Waals surface area contributed by atoms with Gasteiger partial charge in [-0.15, -0.1) is 0 Å². The fraction of sp³-hybridized carbons (Fsp3) is 0.533. The lowest BCUT2D eigenvalue weighted by Gasteiger charge is -2.28. The topological polar surface area (TPSA) is 50.4 Å². The Hall–Kier alpha value is -1.55. The maximum Gasteiger partial charge on any atom is 0.251 e. The lowest BCUT2D eigenvalue weighted by Crippen LogP contribution is -2.44. The van der Waals surface area contributed by atoms with E-state index in [4.69, 9.17) is 4.74 Å². The van der Waals surface area contributed by atoms with Crippen LogP contribution in [0.25, 0.3) is 0 Å². The zero-order valence-electron chi connectivity index (χ0n) is 11.6. The van der Waals surface area contributed by atoms with Gasteiger partial charge in [0.05, 0.1) is 7.11 Å². The summed E-state index contributed by atoms with van der Waals surface area (Å²) in [6.07, 6.45) is 2.37. The normalized spacial score (nSPS) is 20.6. The fourth-order valence-electron chi connectivity index (χ4n) is 2.46. The average Bonchev–Trinajstić information content (AvgIpc) is 2.48. The molecule has 2 atom stereocenters. The Morgan fingerprint density at radius 1 is 1.42 bits per heavy atom. The maximum absolute atomic E-state index is 12.1. The van der Waals surface area contributed by atoms with Gasteiger partial charge in [-0.05, 0) is 63.0 Å². The Bertz CT molecular complexity index is 411. The van der Waals surface area contributed by atoms with Crippen LogP contribution in [-0.2, 0) is 0 Å².